The number of hydrogen-bond donors (Lipinski definition) is 2. The summed E-state index contributed by atoms with van der Waals surface area (Å²) in [6.45, 7) is 3.68. The molecule has 19 heavy (non-hydrogen) atoms. The molecule has 1 aromatic rings. The van der Waals surface area contributed by atoms with E-state index in [1.807, 2.05) is 0 Å². The van der Waals surface area contributed by atoms with Crippen LogP contribution < -0.4 is 5.32 Å². The number of rotatable bonds is 3. The van der Waals surface area contributed by atoms with Gasteiger partial charge in [0.15, 0.2) is 11.6 Å². The van der Waals surface area contributed by atoms with Crippen molar-refractivity contribution in [1.82, 2.24) is 10.2 Å². The van der Waals surface area contributed by atoms with Crippen LogP contribution in [0.25, 0.3) is 0 Å². The van der Waals surface area contributed by atoms with Crippen LogP contribution in [0.1, 0.15) is 24.4 Å². The zero-order valence-corrected chi connectivity index (χ0v) is 11.5. The number of halogens is 2. The van der Waals surface area contributed by atoms with E-state index in [0.717, 1.165) is 39.0 Å². The van der Waals surface area contributed by atoms with Crippen LogP contribution in [0.2, 0.25) is 5.02 Å². The number of nitrogens with zero attached hydrogens (tertiary/aromatic N) is 1. The Bertz CT molecular complexity index is 473. The fourth-order valence-electron chi connectivity index (χ4n) is 2.93. The van der Waals surface area contributed by atoms with Gasteiger partial charge in [-0.3, -0.25) is 4.90 Å². The third kappa shape index (κ3) is 2.57. The van der Waals surface area contributed by atoms with Crippen LogP contribution >= 0.6 is 11.6 Å². The van der Waals surface area contributed by atoms with E-state index in [1.165, 1.54) is 6.07 Å². The molecule has 2 N–H and O–H groups in total. The van der Waals surface area contributed by atoms with Crippen LogP contribution in [0.4, 0.5) is 4.39 Å². The molecule has 3 rings (SSSR count). The summed E-state index contributed by atoms with van der Waals surface area (Å²) >= 11 is 6.22. The van der Waals surface area contributed by atoms with Crippen molar-refractivity contribution in [3.8, 4) is 5.75 Å². The molecule has 1 aliphatic heterocycles. The Morgan fingerprint density at radius 1 is 1.32 bits per heavy atom. The molecule has 1 aliphatic carbocycles. The predicted octanol–water partition coefficient (Wildman–Crippen LogP) is 2.54. The van der Waals surface area contributed by atoms with E-state index in [1.54, 1.807) is 6.07 Å². The zero-order chi connectivity index (χ0) is 13.4. The zero-order valence-electron chi connectivity index (χ0n) is 10.7. The van der Waals surface area contributed by atoms with E-state index in [4.69, 9.17) is 11.6 Å². The topological polar surface area (TPSA) is 35.5 Å². The molecule has 1 heterocycles. The fourth-order valence-corrected chi connectivity index (χ4v) is 3.19. The van der Waals surface area contributed by atoms with Crippen LogP contribution in [0, 0.1) is 11.7 Å². The average Bonchev–Trinajstić information content (AvgIpc) is 3.24. The molecule has 3 nitrogen and oxygen atoms in total. The molecular formula is C14H18ClFN2O. The monoisotopic (exact) mass is 284 g/mol. The molecule has 0 amide bonds. The van der Waals surface area contributed by atoms with Crippen molar-refractivity contribution >= 4 is 11.6 Å². The van der Waals surface area contributed by atoms with Crippen molar-refractivity contribution in [3.05, 3.63) is 28.5 Å². The number of phenolic OH excluding ortho intramolecular Hbond substituents is 1. The largest absolute Gasteiger partial charge is 0.505 e. The number of phenols is 1. The van der Waals surface area contributed by atoms with Gasteiger partial charge < -0.3 is 10.4 Å². The first kappa shape index (κ1) is 13.2. The normalized spacial score (nSPS) is 22.4. The van der Waals surface area contributed by atoms with E-state index in [9.17, 15) is 9.50 Å². The predicted molar refractivity (Wildman–Crippen MR) is 73.0 cm³/mol. The van der Waals surface area contributed by atoms with Gasteiger partial charge in [-0.1, -0.05) is 11.6 Å². The summed E-state index contributed by atoms with van der Waals surface area (Å²) in [6.07, 6.45) is 2.25. The van der Waals surface area contributed by atoms with Gasteiger partial charge in [-0.05, 0) is 30.9 Å². The molecule has 0 bridgehead atoms. The number of piperazine rings is 1. The minimum Gasteiger partial charge on any atom is -0.505 e. The lowest BCUT2D eigenvalue weighted by atomic mass is 9.98. The SMILES string of the molecule is Oc1c(F)ccc(Cl)c1[C@@H](C1CC1)N1CCNCC1. The number of benzene rings is 1. The van der Waals surface area contributed by atoms with Crippen molar-refractivity contribution in [1.29, 1.82) is 0 Å². The summed E-state index contributed by atoms with van der Waals surface area (Å²) in [5.74, 6) is -0.369. The Balaban J connectivity index is 1.97. The first-order valence-corrected chi connectivity index (χ1v) is 7.18. The van der Waals surface area contributed by atoms with E-state index in [-0.39, 0.29) is 11.8 Å². The highest BCUT2D eigenvalue weighted by molar-refractivity contribution is 6.31. The highest BCUT2D eigenvalue weighted by Crippen LogP contribution is 2.49. The molecule has 0 unspecified atom stereocenters. The molecule has 0 radical (unpaired) electrons. The maximum Gasteiger partial charge on any atom is 0.165 e. The standard InChI is InChI=1S/C14H18ClFN2O/c15-10-3-4-11(16)14(19)12(10)13(9-1-2-9)18-7-5-17-6-8-18/h3-4,9,13,17,19H,1-2,5-8H2/t13-/m1/s1. The summed E-state index contributed by atoms with van der Waals surface area (Å²) in [6, 6.07) is 2.82. The summed E-state index contributed by atoms with van der Waals surface area (Å²) in [5.41, 5.74) is 0.575. The molecule has 5 heteroatoms. The lowest BCUT2D eigenvalue weighted by Gasteiger charge is -2.36. The first-order valence-electron chi connectivity index (χ1n) is 6.80. The minimum absolute atomic E-state index is 0.0466. The van der Waals surface area contributed by atoms with Gasteiger partial charge in [0, 0.05) is 42.8 Å². The van der Waals surface area contributed by atoms with Crippen molar-refractivity contribution < 1.29 is 9.50 Å². The van der Waals surface area contributed by atoms with E-state index in [0.29, 0.717) is 16.5 Å². The van der Waals surface area contributed by atoms with E-state index < -0.39 is 5.82 Å². The Kier molecular flexibility index (Phi) is 3.65. The van der Waals surface area contributed by atoms with Gasteiger partial charge in [-0.15, -0.1) is 0 Å². The van der Waals surface area contributed by atoms with E-state index >= 15 is 0 Å². The first-order chi connectivity index (χ1) is 9.18. The third-order valence-electron chi connectivity index (χ3n) is 4.02. The Labute approximate surface area is 117 Å². The Morgan fingerprint density at radius 3 is 2.63 bits per heavy atom. The second kappa shape index (κ2) is 5.27. The maximum absolute atomic E-state index is 13.6. The van der Waals surface area contributed by atoms with Crippen LogP contribution in [-0.4, -0.2) is 36.2 Å². The lowest BCUT2D eigenvalue weighted by molar-refractivity contribution is 0.153. The van der Waals surface area contributed by atoms with Crippen LogP contribution in [0.15, 0.2) is 12.1 Å². The Morgan fingerprint density at radius 2 is 2.00 bits per heavy atom. The molecule has 1 aromatic carbocycles. The lowest BCUT2D eigenvalue weighted by Crippen LogP contribution is -2.45. The number of aromatic hydroxyl groups is 1. The van der Waals surface area contributed by atoms with Gasteiger partial charge in [0.05, 0.1) is 0 Å². The molecule has 1 saturated heterocycles. The minimum atomic E-state index is -0.583. The fraction of sp³-hybridized carbons (Fsp3) is 0.571. The summed E-state index contributed by atoms with van der Waals surface area (Å²) in [4.78, 5) is 2.31. The van der Waals surface area contributed by atoms with Crippen LogP contribution in [-0.2, 0) is 0 Å². The molecule has 2 aliphatic rings. The number of hydrogen-bond acceptors (Lipinski definition) is 3. The van der Waals surface area contributed by atoms with Crippen molar-refractivity contribution in [2.75, 3.05) is 26.2 Å². The summed E-state index contributed by atoms with van der Waals surface area (Å²) < 4.78 is 13.6. The van der Waals surface area contributed by atoms with Gasteiger partial charge >= 0.3 is 0 Å². The molecule has 1 atom stereocenters. The second-order valence-corrected chi connectivity index (χ2v) is 5.77. The molecule has 104 valence electrons. The van der Waals surface area contributed by atoms with Gasteiger partial charge in [-0.25, -0.2) is 4.39 Å². The maximum atomic E-state index is 13.6. The summed E-state index contributed by atoms with van der Waals surface area (Å²) in [5, 5.41) is 13.8. The van der Waals surface area contributed by atoms with Gasteiger partial charge in [0.1, 0.15) is 0 Å². The second-order valence-electron chi connectivity index (χ2n) is 5.36. The van der Waals surface area contributed by atoms with Gasteiger partial charge in [0.2, 0.25) is 0 Å². The van der Waals surface area contributed by atoms with Gasteiger partial charge in [0.25, 0.3) is 0 Å². The van der Waals surface area contributed by atoms with Crippen molar-refractivity contribution in [2.45, 2.75) is 18.9 Å². The quantitative estimate of drug-likeness (QED) is 0.895. The van der Waals surface area contributed by atoms with E-state index in [2.05, 4.69) is 10.2 Å². The molecular weight excluding hydrogens is 267 g/mol. The van der Waals surface area contributed by atoms with Crippen molar-refractivity contribution in [2.24, 2.45) is 5.92 Å². The smallest absolute Gasteiger partial charge is 0.165 e. The summed E-state index contributed by atoms with van der Waals surface area (Å²) in [7, 11) is 0. The van der Waals surface area contributed by atoms with Crippen LogP contribution in [0.3, 0.4) is 0 Å². The highest BCUT2D eigenvalue weighted by atomic mass is 35.5. The van der Waals surface area contributed by atoms with Crippen LogP contribution in [0.5, 0.6) is 5.75 Å². The van der Waals surface area contributed by atoms with Crippen molar-refractivity contribution in [3.63, 3.8) is 0 Å². The molecule has 2 fully saturated rings. The third-order valence-corrected chi connectivity index (χ3v) is 4.35. The van der Waals surface area contributed by atoms with Gasteiger partial charge in [-0.2, -0.15) is 0 Å². The number of nitrogens with one attached hydrogen (secondary N) is 1. The Hall–Kier alpha value is -0.840. The molecule has 0 aromatic heterocycles. The average molecular weight is 285 g/mol. The molecule has 1 saturated carbocycles. The molecule has 0 spiro atoms. The highest BCUT2D eigenvalue weighted by Gasteiger charge is 2.39.